The van der Waals surface area contributed by atoms with Crippen molar-refractivity contribution in [2.45, 2.75) is 39.2 Å². The standard InChI is InChI=1S/C23H19F3O3/c1-13(2)18-12-17(8-10-20(18)29-23(25)26)22(28)21(27)16-7-9-19(24)15(11-16)6-5-14-3-4-14/h7-14,23H,3-4H2,1-2H3. The molecule has 1 aliphatic carbocycles. The molecule has 1 saturated carbocycles. The number of Topliss-reactive ketones (excluding diaryl/α,β-unsaturated/α-hetero) is 2. The molecule has 0 atom stereocenters. The van der Waals surface area contributed by atoms with Gasteiger partial charge in [0.15, 0.2) is 0 Å². The third kappa shape index (κ3) is 5.05. The fourth-order valence-corrected chi connectivity index (χ4v) is 2.78. The molecular formula is C23H19F3O3. The number of ketones is 2. The van der Waals surface area contributed by atoms with Crippen LogP contribution in [-0.2, 0) is 0 Å². The first-order chi connectivity index (χ1) is 13.8. The SMILES string of the molecule is CC(C)c1cc(C(=O)C(=O)c2ccc(F)c(C#CC3CC3)c2)ccc1OC(F)F. The van der Waals surface area contributed by atoms with Gasteiger partial charge in [0, 0.05) is 17.0 Å². The summed E-state index contributed by atoms with van der Waals surface area (Å²) in [5.74, 6) is 3.46. The van der Waals surface area contributed by atoms with Crippen molar-refractivity contribution in [3.05, 3.63) is 64.5 Å². The molecule has 0 saturated heterocycles. The third-order valence-electron chi connectivity index (χ3n) is 4.53. The van der Waals surface area contributed by atoms with E-state index in [4.69, 9.17) is 0 Å². The maximum absolute atomic E-state index is 13.9. The van der Waals surface area contributed by atoms with Gasteiger partial charge in [-0.3, -0.25) is 9.59 Å². The molecule has 0 radical (unpaired) electrons. The fraction of sp³-hybridized carbons (Fsp3) is 0.304. The number of benzene rings is 2. The molecule has 0 N–H and O–H groups in total. The summed E-state index contributed by atoms with van der Waals surface area (Å²) in [5.41, 5.74) is 0.531. The highest BCUT2D eigenvalue weighted by Gasteiger charge is 2.22. The van der Waals surface area contributed by atoms with Gasteiger partial charge in [0.25, 0.3) is 0 Å². The Bertz CT molecular complexity index is 1010. The second-order valence-electron chi connectivity index (χ2n) is 7.18. The van der Waals surface area contributed by atoms with Gasteiger partial charge < -0.3 is 4.74 Å². The molecule has 2 aromatic rings. The van der Waals surface area contributed by atoms with Crippen LogP contribution in [0.2, 0.25) is 0 Å². The van der Waals surface area contributed by atoms with Crippen molar-refractivity contribution < 1.29 is 27.5 Å². The van der Waals surface area contributed by atoms with E-state index in [1.165, 1.54) is 30.3 Å². The lowest BCUT2D eigenvalue weighted by Crippen LogP contribution is -2.16. The Morgan fingerprint density at radius 1 is 1.03 bits per heavy atom. The van der Waals surface area contributed by atoms with Gasteiger partial charge in [-0.15, -0.1) is 0 Å². The molecule has 2 aromatic carbocycles. The Labute approximate surface area is 166 Å². The summed E-state index contributed by atoms with van der Waals surface area (Å²) >= 11 is 0. The Morgan fingerprint density at radius 2 is 1.66 bits per heavy atom. The molecule has 1 fully saturated rings. The van der Waals surface area contributed by atoms with Gasteiger partial charge in [-0.1, -0.05) is 25.7 Å². The Balaban J connectivity index is 1.88. The minimum Gasteiger partial charge on any atom is -0.435 e. The van der Waals surface area contributed by atoms with Gasteiger partial charge in [0.05, 0.1) is 5.56 Å². The summed E-state index contributed by atoms with van der Waals surface area (Å²) in [6, 6.07) is 7.49. The maximum atomic E-state index is 13.9. The number of hydrogen-bond acceptors (Lipinski definition) is 3. The molecule has 0 aromatic heterocycles. The molecule has 6 heteroatoms. The number of carbonyl (C=O) groups excluding carboxylic acids is 2. The molecule has 0 unspecified atom stereocenters. The zero-order valence-electron chi connectivity index (χ0n) is 16.0. The van der Waals surface area contributed by atoms with Crippen molar-refractivity contribution in [3.63, 3.8) is 0 Å². The van der Waals surface area contributed by atoms with Crippen LogP contribution in [0.25, 0.3) is 0 Å². The lowest BCUT2D eigenvalue weighted by atomic mass is 9.95. The van der Waals surface area contributed by atoms with Crippen LogP contribution in [0.15, 0.2) is 36.4 Å². The molecule has 3 rings (SSSR count). The Hall–Kier alpha value is -3.07. The van der Waals surface area contributed by atoms with Crippen LogP contribution >= 0.6 is 0 Å². The van der Waals surface area contributed by atoms with E-state index in [0.717, 1.165) is 18.9 Å². The highest BCUT2D eigenvalue weighted by Crippen LogP contribution is 2.30. The van der Waals surface area contributed by atoms with Crippen molar-refractivity contribution in [2.75, 3.05) is 0 Å². The third-order valence-corrected chi connectivity index (χ3v) is 4.53. The van der Waals surface area contributed by atoms with Crippen molar-refractivity contribution in [2.24, 2.45) is 5.92 Å². The molecule has 0 bridgehead atoms. The number of ether oxygens (including phenoxy) is 1. The predicted octanol–water partition coefficient (Wildman–Crippen LogP) is 5.38. The Morgan fingerprint density at radius 3 is 2.24 bits per heavy atom. The van der Waals surface area contributed by atoms with Gasteiger partial charge in [0.2, 0.25) is 11.6 Å². The molecule has 1 aliphatic rings. The van der Waals surface area contributed by atoms with Gasteiger partial charge in [-0.25, -0.2) is 4.39 Å². The highest BCUT2D eigenvalue weighted by atomic mass is 19.3. The minimum atomic E-state index is -3.00. The molecule has 3 nitrogen and oxygen atoms in total. The van der Waals surface area contributed by atoms with Crippen LogP contribution in [0.5, 0.6) is 5.75 Å². The summed E-state index contributed by atoms with van der Waals surface area (Å²) < 4.78 is 43.6. The van der Waals surface area contributed by atoms with E-state index in [1.54, 1.807) is 13.8 Å². The van der Waals surface area contributed by atoms with Gasteiger partial charge >= 0.3 is 6.61 Å². The van der Waals surface area contributed by atoms with Crippen molar-refractivity contribution in [3.8, 4) is 17.6 Å². The van der Waals surface area contributed by atoms with Crippen molar-refractivity contribution >= 4 is 11.6 Å². The van der Waals surface area contributed by atoms with Gasteiger partial charge in [0.1, 0.15) is 11.6 Å². The molecule has 29 heavy (non-hydrogen) atoms. The largest absolute Gasteiger partial charge is 0.435 e. The summed E-state index contributed by atoms with van der Waals surface area (Å²) in [6.07, 6.45) is 1.96. The molecule has 0 heterocycles. The van der Waals surface area contributed by atoms with E-state index in [2.05, 4.69) is 16.6 Å². The molecular weight excluding hydrogens is 381 g/mol. The lowest BCUT2D eigenvalue weighted by molar-refractivity contribution is -0.0505. The Kier molecular flexibility index (Phi) is 6.07. The zero-order valence-corrected chi connectivity index (χ0v) is 16.0. The quantitative estimate of drug-likeness (QED) is 0.372. The number of carbonyl (C=O) groups is 2. The van der Waals surface area contributed by atoms with Crippen LogP contribution < -0.4 is 4.74 Å². The highest BCUT2D eigenvalue weighted by molar-refractivity contribution is 6.49. The van der Waals surface area contributed by atoms with E-state index in [-0.39, 0.29) is 34.3 Å². The first-order valence-electron chi connectivity index (χ1n) is 9.25. The van der Waals surface area contributed by atoms with Crippen LogP contribution in [0.1, 0.15) is 64.4 Å². The smallest absolute Gasteiger partial charge is 0.387 e. The predicted molar refractivity (Wildman–Crippen MR) is 102 cm³/mol. The van der Waals surface area contributed by atoms with E-state index in [9.17, 15) is 22.8 Å². The normalized spacial score (nSPS) is 13.2. The van der Waals surface area contributed by atoms with Crippen LogP contribution in [0.4, 0.5) is 13.2 Å². The minimum absolute atomic E-state index is 0.0236. The number of hydrogen-bond donors (Lipinski definition) is 0. The van der Waals surface area contributed by atoms with Crippen molar-refractivity contribution in [1.29, 1.82) is 0 Å². The number of rotatable bonds is 6. The summed E-state index contributed by atoms with van der Waals surface area (Å²) in [5, 5.41) is 0. The topological polar surface area (TPSA) is 43.4 Å². The van der Waals surface area contributed by atoms with E-state index in [0.29, 0.717) is 5.56 Å². The van der Waals surface area contributed by atoms with Crippen molar-refractivity contribution in [1.82, 2.24) is 0 Å². The monoisotopic (exact) mass is 400 g/mol. The second kappa shape index (κ2) is 8.52. The average Bonchev–Trinajstić information content (AvgIpc) is 3.50. The van der Waals surface area contributed by atoms with Crippen LogP contribution in [0, 0.1) is 23.6 Å². The summed E-state index contributed by atoms with van der Waals surface area (Å²) in [4.78, 5) is 25.3. The first kappa shape index (κ1) is 20.7. The molecule has 150 valence electrons. The van der Waals surface area contributed by atoms with E-state index >= 15 is 0 Å². The molecule has 0 aliphatic heterocycles. The summed E-state index contributed by atoms with van der Waals surface area (Å²) in [6.45, 7) is 0.522. The van der Waals surface area contributed by atoms with Crippen LogP contribution in [0.3, 0.4) is 0 Å². The fourth-order valence-electron chi connectivity index (χ4n) is 2.78. The average molecular weight is 400 g/mol. The summed E-state index contributed by atoms with van der Waals surface area (Å²) in [7, 11) is 0. The van der Waals surface area contributed by atoms with Crippen LogP contribution in [-0.4, -0.2) is 18.2 Å². The second-order valence-corrected chi connectivity index (χ2v) is 7.18. The van der Waals surface area contributed by atoms with E-state index < -0.39 is 24.0 Å². The van der Waals surface area contributed by atoms with E-state index in [1.807, 2.05) is 0 Å². The van der Waals surface area contributed by atoms with Gasteiger partial charge in [-0.2, -0.15) is 8.78 Å². The lowest BCUT2D eigenvalue weighted by Gasteiger charge is -2.14. The first-order valence-corrected chi connectivity index (χ1v) is 9.25. The zero-order chi connectivity index (χ0) is 21.1. The maximum Gasteiger partial charge on any atom is 0.387 e. The molecule has 0 spiro atoms. The number of halogens is 3. The van der Waals surface area contributed by atoms with Gasteiger partial charge in [-0.05, 0) is 60.7 Å². The number of alkyl halides is 2. The molecule has 0 amide bonds.